The lowest BCUT2D eigenvalue weighted by molar-refractivity contribution is 0.101. The van der Waals surface area contributed by atoms with Gasteiger partial charge in [-0.25, -0.2) is 26.7 Å². The van der Waals surface area contributed by atoms with Crippen LogP contribution >= 0.6 is 0 Å². The van der Waals surface area contributed by atoms with Crippen molar-refractivity contribution >= 4 is 25.8 Å². The largest absolute Gasteiger partial charge is 0.295 e. The Morgan fingerprint density at radius 1 is 1.00 bits per heavy atom. The van der Waals surface area contributed by atoms with Crippen molar-refractivity contribution in [1.82, 2.24) is 4.72 Å². The van der Waals surface area contributed by atoms with Gasteiger partial charge >= 0.3 is 0 Å². The minimum absolute atomic E-state index is 0.00644. The van der Waals surface area contributed by atoms with E-state index in [0.29, 0.717) is 11.1 Å². The molecule has 0 aliphatic rings. The van der Waals surface area contributed by atoms with Crippen LogP contribution in [0.2, 0.25) is 0 Å². The number of ketones is 1. The lowest BCUT2D eigenvalue weighted by Crippen LogP contribution is -2.27. The zero-order chi connectivity index (χ0) is 18.8. The van der Waals surface area contributed by atoms with Gasteiger partial charge in [0.05, 0.1) is 9.79 Å². The van der Waals surface area contributed by atoms with E-state index in [2.05, 4.69) is 4.72 Å². The highest BCUT2D eigenvalue weighted by Crippen LogP contribution is 2.20. The van der Waals surface area contributed by atoms with Crippen molar-refractivity contribution in [3.8, 4) is 0 Å². The summed E-state index contributed by atoms with van der Waals surface area (Å²) in [6, 6.07) is 10.6. The fourth-order valence-corrected chi connectivity index (χ4v) is 4.00. The minimum Gasteiger partial charge on any atom is -0.295 e. The molecule has 2 rings (SSSR count). The summed E-state index contributed by atoms with van der Waals surface area (Å²) >= 11 is 0. The molecule has 0 radical (unpaired) electrons. The summed E-state index contributed by atoms with van der Waals surface area (Å²) in [7, 11) is -7.72. The van der Waals surface area contributed by atoms with Gasteiger partial charge in [-0.05, 0) is 43.7 Å². The van der Waals surface area contributed by atoms with Crippen LogP contribution in [0.3, 0.4) is 0 Å². The number of nitrogens with one attached hydrogen (secondary N) is 1. The van der Waals surface area contributed by atoms with E-state index in [1.165, 1.54) is 49.4 Å². The van der Waals surface area contributed by atoms with Gasteiger partial charge in [-0.15, -0.1) is 0 Å². The lowest BCUT2D eigenvalue weighted by atomic mass is 10.1. The van der Waals surface area contributed by atoms with Gasteiger partial charge in [-0.1, -0.05) is 24.3 Å². The van der Waals surface area contributed by atoms with Gasteiger partial charge in [-0.2, -0.15) is 0 Å². The van der Waals surface area contributed by atoms with Crippen LogP contribution in [-0.4, -0.2) is 22.6 Å². The Balaban J connectivity index is 2.27. The Hall–Kier alpha value is -2.07. The molecule has 0 saturated heterocycles. The van der Waals surface area contributed by atoms with Crippen LogP contribution in [0.5, 0.6) is 0 Å². The minimum atomic E-state index is -3.88. The fourth-order valence-electron chi connectivity index (χ4n) is 2.20. The third-order valence-corrected chi connectivity index (χ3v) is 6.06. The third kappa shape index (κ3) is 4.73. The first-order valence-corrected chi connectivity index (χ1v) is 10.3. The van der Waals surface area contributed by atoms with E-state index in [0.717, 1.165) is 0 Å². The molecule has 3 N–H and O–H groups in total. The van der Waals surface area contributed by atoms with Gasteiger partial charge in [0.15, 0.2) is 5.78 Å². The Bertz CT molecular complexity index is 997. The highest BCUT2D eigenvalue weighted by atomic mass is 32.2. The number of Topliss-reactive ketones (excluding diaryl/α,β-unsaturated/α-hetero) is 1. The number of benzene rings is 2. The molecule has 0 heterocycles. The molecule has 0 fully saturated rings. The lowest BCUT2D eigenvalue weighted by Gasteiger charge is -2.15. The van der Waals surface area contributed by atoms with E-state index in [1.807, 2.05) is 0 Å². The number of nitrogens with two attached hydrogens (primary N) is 1. The number of hydrogen-bond donors (Lipinski definition) is 2. The van der Waals surface area contributed by atoms with Crippen LogP contribution in [0.1, 0.15) is 35.8 Å². The second kappa shape index (κ2) is 7.04. The molecule has 1 atom stereocenters. The predicted octanol–water partition coefficient (Wildman–Crippen LogP) is 1.58. The van der Waals surface area contributed by atoms with E-state index < -0.39 is 26.1 Å². The predicted molar refractivity (Wildman–Crippen MR) is 93.0 cm³/mol. The SMILES string of the molecule is CC(=O)c1ccc(S(=O)(=O)NC(C)c2cccc(S(N)(=O)=O)c2)cc1. The summed E-state index contributed by atoms with van der Waals surface area (Å²) in [4.78, 5) is 11.2. The molecule has 0 spiro atoms. The van der Waals surface area contributed by atoms with Crippen LogP contribution in [0.15, 0.2) is 58.3 Å². The number of carbonyl (C=O) groups is 1. The quantitative estimate of drug-likeness (QED) is 0.734. The summed E-state index contributed by atoms with van der Waals surface area (Å²) in [6.07, 6.45) is 0. The molecule has 1 unspecified atom stereocenters. The van der Waals surface area contributed by atoms with Gasteiger partial charge in [0, 0.05) is 11.6 Å². The zero-order valence-corrected chi connectivity index (χ0v) is 15.3. The highest BCUT2D eigenvalue weighted by Gasteiger charge is 2.19. The molecule has 0 aromatic heterocycles. The molecule has 0 aliphatic heterocycles. The van der Waals surface area contributed by atoms with Gasteiger partial charge in [0.1, 0.15) is 0 Å². The second-order valence-corrected chi connectivity index (χ2v) is 8.82. The number of hydrogen-bond acceptors (Lipinski definition) is 5. The number of rotatable bonds is 6. The molecule has 7 nitrogen and oxygen atoms in total. The molecule has 0 bridgehead atoms. The van der Waals surface area contributed by atoms with Crippen molar-refractivity contribution in [3.63, 3.8) is 0 Å². The number of carbonyl (C=O) groups excluding carboxylic acids is 1. The Morgan fingerprint density at radius 3 is 2.12 bits per heavy atom. The van der Waals surface area contributed by atoms with E-state index >= 15 is 0 Å². The molecule has 25 heavy (non-hydrogen) atoms. The van der Waals surface area contributed by atoms with Crippen molar-refractivity contribution < 1.29 is 21.6 Å². The number of primary sulfonamides is 1. The van der Waals surface area contributed by atoms with Crippen molar-refractivity contribution in [1.29, 1.82) is 0 Å². The van der Waals surface area contributed by atoms with Gasteiger partial charge in [0.25, 0.3) is 0 Å². The van der Waals surface area contributed by atoms with Crippen LogP contribution in [0.25, 0.3) is 0 Å². The van der Waals surface area contributed by atoms with Gasteiger partial charge in [0.2, 0.25) is 20.0 Å². The Kier molecular flexibility index (Phi) is 5.43. The maximum Gasteiger partial charge on any atom is 0.241 e. The Labute approximate surface area is 147 Å². The highest BCUT2D eigenvalue weighted by molar-refractivity contribution is 7.89. The standard InChI is InChI=1S/C16H18N2O5S2/c1-11(14-4-3-5-16(10-14)24(17,20)21)18-25(22,23)15-8-6-13(7-9-15)12(2)19/h3-11,18H,1-2H3,(H2,17,20,21). The second-order valence-electron chi connectivity index (χ2n) is 5.54. The normalized spacial score (nSPS) is 13.4. The van der Waals surface area contributed by atoms with Crippen molar-refractivity contribution in [3.05, 3.63) is 59.7 Å². The summed E-state index contributed by atoms with van der Waals surface area (Å²) in [6.45, 7) is 2.98. The monoisotopic (exact) mass is 382 g/mol. The molecule has 0 amide bonds. The molecule has 2 aromatic carbocycles. The van der Waals surface area contributed by atoms with E-state index in [-0.39, 0.29) is 15.6 Å². The van der Waals surface area contributed by atoms with Gasteiger partial charge < -0.3 is 0 Å². The summed E-state index contributed by atoms with van der Waals surface area (Å²) in [5.74, 6) is -0.162. The molecule has 9 heteroatoms. The Morgan fingerprint density at radius 2 is 1.60 bits per heavy atom. The topological polar surface area (TPSA) is 123 Å². The molecule has 0 aliphatic carbocycles. The molecular formula is C16H18N2O5S2. The third-order valence-electron chi connectivity index (χ3n) is 3.59. The van der Waals surface area contributed by atoms with Crippen molar-refractivity contribution in [2.45, 2.75) is 29.7 Å². The van der Waals surface area contributed by atoms with E-state index in [9.17, 15) is 21.6 Å². The average molecular weight is 382 g/mol. The average Bonchev–Trinajstić information content (AvgIpc) is 2.54. The zero-order valence-electron chi connectivity index (χ0n) is 13.6. The summed E-state index contributed by atoms with van der Waals surface area (Å²) < 4.78 is 50.2. The summed E-state index contributed by atoms with van der Waals surface area (Å²) in [5.41, 5.74) is 0.864. The molecule has 0 saturated carbocycles. The van der Waals surface area contributed by atoms with Gasteiger partial charge in [-0.3, -0.25) is 4.79 Å². The molecule has 134 valence electrons. The van der Waals surface area contributed by atoms with Crippen LogP contribution in [0.4, 0.5) is 0 Å². The first kappa shape index (κ1) is 19.3. The maximum atomic E-state index is 12.4. The summed E-state index contributed by atoms with van der Waals surface area (Å²) in [5, 5.41) is 5.09. The molecule has 2 aromatic rings. The number of sulfonamides is 2. The maximum absolute atomic E-state index is 12.4. The van der Waals surface area contributed by atoms with Crippen LogP contribution in [-0.2, 0) is 20.0 Å². The van der Waals surface area contributed by atoms with Crippen LogP contribution in [0, 0.1) is 0 Å². The first-order valence-electron chi connectivity index (χ1n) is 7.27. The van der Waals surface area contributed by atoms with E-state index in [4.69, 9.17) is 5.14 Å². The first-order chi connectivity index (χ1) is 11.5. The fraction of sp³-hybridized carbons (Fsp3) is 0.188. The van der Waals surface area contributed by atoms with Crippen LogP contribution < -0.4 is 9.86 Å². The van der Waals surface area contributed by atoms with E-state index in [1.54, 1.807) is 13.0 Å². The smallest absolute Gasteiger partial charge is 0.241 e. The van der Waals surface area contributed by atoms with Crippen molar-refractivity contribution in [2.75, 3.05) is 0 Å². The molecular weight excluding hydrogens is 364 g/mol. The van der Waals surface area contributed by atoms with Crippen molar-refractivity contribution in [2.24, 2.45) is 5.14 Å².